The van der Waals surface area contributed by atoms with Gasteiger partial charge >= 0.3 is 0 Å². The van der Waals surface area contributed by atoms with Gasteiger partial charge in [-0.3, -0.25) is 0 Å². The lowest BCUT2D eigenvalue weighted by atomic mass is 10.0. The first-order valence-electron chi connectivity index (χ1n) is 7.62. The molecule has 118 valence electrons. The normalized spacial score (nSPS) is 10.7. The lowest BCUT2D eigenvalue weighted by molar-refractivity contribution is 0.398. The zero-order valence-electron chi connectivity index (χ0n) is 13.7. The van der Waals surface area contributed by atoms with E-state index in [1.165, 1.54) is 5.56 Å². The van der Waals surface area contributed by atoms with E-state index in [2.05, 4.69) is 28.2 Å². The third-order valence-corrected chi connectivity index (χ3v) is 4.07. The van der Waals surface area contributed by atoms with Crippen LogP contribution in [0.15, 0.2) is 42.7 Å². The maximum absolute atomic E-state index is 5.45. The summed E-state index contributed by atoms with van der Waals surface area (Å²) in [5.74, 6) is 1.75. The fourth-order valence-electron chi connectivity index (χ4n) is 2.74. The maximum Gasteiger partial charge on any atom is 0.122 e. The van der Waals surface area contributed by atoms with Crippen molar-refractivity contribution in [2.75, 3.05) is 14.2 Å². The minimum absolute atomic E-state index is 0.851. The Morgan fingerprint density at radius 2 is 1.78 bits per heavy atom. The molecule has 2 aromatic carbocycles. The molecule has 3 rings (SSSR count). The molecule has 0 saturated carbocycles. The molecule has 4 nitrogen and oxygen atoms in total. The highest BCUT2D eigenvalue weighted by molar-refractivity contribution is 5.81. The van der Waals surface area contributed by atoms with Gasteiger partial charge in [-0.05, 0) is 61.2 Å². The average molecular weight is 308 g/mol. The lowest BCUT2D eigenvalue weighted by Crippen LogP contribution is -1.97. The van der Waals surface area contributed by atoms with Crippen molar-refractivity contribution in [3.63, 3.8) is 0 Å². The molecule has 1 aromatic heterocycles. The van der Waals surface area contributed by atoms with E-state index in [-0.39, 0.29) is 0 Å². The smallest absolute Gasteiger partial charge is 0.122 e. The molecule has 0 fully saturated rings. The largest absolute Gasteiger partial charge is 0.497 e. The highest BCUT2D eigenvalue weighted by Crippen LogP contribution is 2.26. The summed E-state index contributed by atoms with van der Waals surface area (Å²) in [6.45, 7) is 2.01. The van der Waals surface area contributed by atoms with Gasteiger partial charge in [0, 0.05) is 11.1 Å². The zero-order valence-corrected chi connectivity index (χ0v) is 13.7. The van der Waals surface area contributed by atoms with Crippen LogP contribution >= 0.6 is 0 Å². The summed E-state index contributed by atoms with van der Waals surface area (Å²) in [5.41, 5.74) is 4.41. The van der Waals surface area contributed by atoms with E-state index in [0.717, 1.165) is 46.5 Å². The minimum atomic E-state index is 0.851. The Labute approximate surface area is 136 Å². The van der Waals surface area contributed by atoms with Crippen molar-refractivity contribution in [2.24, 2.45) is 0 Å². The molecule has 4 heteroatoms. The molecule has 1 heterocycles. The van der Waals surface area contributed by atoms with Crippen molar-refractivity contribution in [3.05, 3.63) is 59.5 Å². The second kappa shape index (κ2) is 6.65. The number of aromatic nitrogens is 2. The van der Waals surface area contributed by atoms with E-state index in [1.807, 2.05) is 25.1 Å². The van der Waals surface area contributed by atoms with Crippen molar-refractivity contribution in [2.45, 2.75) is 19.8 Å². The predicted molar refractivity (Wildman–Crippen MR) is 91.2 cm³/mol. The second-order valence-electron chi connectivity index (χ2n) is 5.49. The molecule has 0 aliphatic heterocycles. The average Bonchev–Trinajstić information content (AvgIpc) is 2.60. The molecule has 0 saturated heterocycles. The summed E-state index contributed by atoms with van der Waals surface area (Å²) in [6, 6.07) is 12.3. The van der Waals surface area contributed by atoms with Crippen molar-refractivity contribution < 1.29 is 9.47 Å². The van der Waals surface area contributed by atoms with E-state index in [1.54, 1.807) is 20.5 Å². The van der Waals surface area contributed by atoms with Crippen LogP contribution in [0.25, 0.3) is 10.9 Å². The summed E-state index contributed by atoms with van der Waals surface area (Å²) >= 11 is 0. The highest BCUT2D eigenvalue weighted by atomic mass is 16.5. The van der Waals surface area contributed by atoms with Gasteiger partial charge in [-0.1, -0.05) is 6.07 Å². The van der Waals surface area contributed by atoms with Crippen LogP contribution in [0.4, 0.5) is 0 Å². The van der Waals surface area contributed by atoms with Gasteiger partial charge in [0.1, 0.15) is 17.8 Å². The SMILES string of the molecule is COc1ccc(OC)c(CCc2ccc3ncnc(C)c3c2)c1. The Morgan fingerprint density at radius 1 is 0.913 bits per heavy atom. The number of aryl methyl sites for hydroxylation is 3. The topological polar surface area (TPSA) is 44.2 Å². The van der Waals surface area contributed by atoms with Gasteiger partial charge < -0.3 is 9.47 Å². The number of rotatable bonds is 5. The molecule has 0 N–H and O–H groups in total. The zero-order chi connectivity index (χ0) is 16.2. The van der Waals surface area contributed by atoms with Crippen molar-refractivity contribution in [1.82, 2.24) is 9.97 Å². The van der Waals surface area contributed by atoms with E-state index in [4.69, 9.17) is 9.47 Å². The Morgan fingerprint density at radius 3 is 2.57 bits per heavy atom. The maximum atomic E-state index is 5.45. The molecule has 0 radical (unpaired) electrons. The number of hydrogen-bond donors (Lipinski definition) is 0. The van der Waals surface area contributed by atoms with Crippen LogP contribution < -0.4 is 9.47 Å². The van der Waals surface area contributed by atoms with Gasteiger partial charge in [-0.2, -0.15) is 0 Å². The predicted octanol–water partition coefficient (Wildman–Crippen LogP) is 3.74. The standard InChI is InChI=1S/C19H20N2O2/c1-13-17-10-14(5-8-18(17)21-12-20-13)4-6-15-11-16(22-2)7-9-19(15)23-3/h5,7-12H,4,6H2,1-3H3. The van der Waals surface area contributed by atoms with Crippen LogP contribution in [0.1, 0.15) is 16.8 Å². The summed E-state index contributed by atoms with van der Waals surface area (Å²) in [7, 11) is 3.37. The van der Waals surface area contributed by atoms with Crippen LogP contribution in [-0.2, 0) is 12.8 Å². The van der Waals surface area contributed by atoms with Gasteiger partial charge in [0.05, 0.1) is 19.7 Å². The molecule has 0 aliphatic carbocycles. The molecular formula is C19H20N2O2. The third kappa shape index (κ3) is 3.26. The highest BCUT2D eigenvalue weighted by Gasteiger charge is 2.07. The van der Waals surface area contributed by atoms with Crippen molar-refractivity contribution in [1.29, 1.82) is 0 Å². The first-order valence-corrected chi connectivity index (χ1v) is 7.62. The summed E-state index contributed by atoms with van der Waals surface area (Å²) in [6.07, 6.45) is 3.42. The minimum Gasteiger partial charge on any atom is -0.497 e. The molecule has 0 aliphatic rings. The van der Waals surface area contributed by atoms with Gasteiger partial charge in [-0.15, -0.1) is 0 Å². The molecule has 3 aromatic rings. The molecule has 0 amide bonds. The second-order valence-corrected chi connectivity index (χ2v) is 5.49. The number of nitrogens with zero attached hydrogens (tertiary/aromatic N) is 2. The van der Waals surface area contributed by atoms with E-state index in [0.29, 0.717) is 0 Å². The summed E-state index contributed by atoms with van der Waals surface area (Å²) in [5, 5.41) is 1.11. The summed E-state index contributed by atoms with van der Waals surface area (Å²) < 4.78 is 10.8. The molecule has 0 spiro atoms. The fourth-order valence-corrected chi connectivity index (χ4v) is 2.74. The lowest BCUT2D eigenvalue weighted by Gasteiger charge is -2.11. The van der Waals surface area contributed by atoms with Gasteiger partial charge in [0.15, 0.2) is 0 Å². The van der Waals surface area contributed by atoms with Crippen LogP contribution in [0, 0.1) is 6.92 Å². The van der Waals surface area contributed by atoms with Crippen molar-refractivity contribution >= 4 is 10.9 Å². The van der Waals surface area contributed by atoms with Gasteiger partial charge in [0.25, 0.3) is 0 Å². The van der Waals surface area contributed by atoms with E-state index >= 15 is 0 Å². The van der Waals surface area contributed by atoms with E-state index in [9.17, 15) is 0 Å². The van der Waals surface area contributed by atoms with Crippen LogP contribution in [-0.4, -0.2) is 24.2 Å². The number of ether oxygens (including phenoxy) is 2. The summed E-state index contributed by atoms with van der Waals surface area (Å²) in [4.78, 5) is 8.57. The van der Waals surface area contributed by atoms with E-state index < -0.39 is 0 Å². The fraction of sp³-hybridized carbons (Fsp3) is 0.263. The molecule has 0 bridgehead atoms. The molecule has 0 atom stereocenters. The Balaban J connectivity index is 1.84. The molecule has 23 heavy (non-hydrogen) atoms. The first kappa shape index (κ1) is 15.3. The number of methoxy groups -OCH3 is 2. The number of hydrogen-bond acceptors (Lipinski definition) is 4. The van der Waals surface area contributed by atoms with Gasteiger partial charge in [-0.25, -0.2) is 9.97 Å². The van der Waals surface area contributed by atoms with Gasteiger partial charge in [0.2, 0.25) is 0 Å². The third-order valence-electron chi connectivity index (χ3n) is 4.07. The Hall–Kier alpha value is -2.62. The number of fused-ring (bicyclic) bond motifs is 1. The Kier molecular flexibility index (Phi) is 4.42. The Bertz CT molecular complexity index is 831. The monoisotopic (exact) mass is 308 g/mol. The van der Waals surface area contributed by atoms with Crippen LogP contribution in [0.3, 0.4) is 0 Å². The van der Waals surface area contributed by atoms with Crippen LogP contribution in [0.2, 0.25) is 0 Å². The first-order chi connectivity index (χ1) is 11.2. The quantitative estimate of drug-likeness (QED) is 0.720. The van der Waals surface area contributed by atoms with Crippen molar-refractivity contribution in [3.8, 4) is 11.5 Å². The number of benzene rings is 2. The van der Waals surface area contributed by atoms with Crippen LogP contribution in [0.5, 0.6) is 11.5 Å². The molecule has 0 unspecified atom stereocenters. The molecular weight excluding hydrogens is 288 g/mol.